The molecule has 0 aliphatic heterocycles. The lowest BCUT2D eigenvalue weighted by Crippen LogP contribution is -2.08. The minimum Gasteiger partial charge on any atom is -0.361 e. The van der Waals surface area contributed by atoms with Gasteiger partial charge < -0.3 is 5.32 Å². The summed E-state index contributed by atoms with van der Waals surface area (Å²) in [6.07, 6.45) is -2.03. The lowest BCUT2D eigenvalue weighted by Gasteiger charge is -2.11. The van der Waals surface area contributed by atoms with E-state index in [1.807, 2.05) is 42.5 Å². The molecule has 0 aromatic heterocycles. The zero-order chi connectivity index (χ0) is 19.3. The fourth-order valence-corrected chi connectivity index (χ4v) is 2.62. The maximum Gasteiger partial charge on any atom is 0.418 e. The molecule has 0 saturated carbocycles. The molecule has 3 rings (SSSR count). The number of ketones is 1. The summed E-state index contributed by atoms with van der Waals surface area (Å²) in [5, 5.41) is 2.54. The molecule has 1 N–H and O–H groups in total. The Morgan fingerprint density at radius 2 is 1.37 bits per heavy atom. The topological polar surface area (TPSA) is 29.1 Å². The first kappa shape index (κ1) is 18.5. The zero-order valence-electron chi connectivity index (χ0n) is 14.2. The normalized spacial score (nSPS) is 11.5. The van der Waals surface area contributed by atoms with Gasteiger partial charge in [-0.15, -0.1) is 0 Å². The average molecular weight is 367 g/mol. The summed E-state index contributed by atoms with van der Waals surface area (Å²) in [5.41, 5.74) is 1.59. The van der Waals surface area contributed by atoms with Gasteiger partial charge in [-0.05, 0) is 23.3 Å². The fourth-order valence-electron chi connectivity index (χ4n) is 2.62. The maximum absolute atomic E-state index is 12.9. The number of halogens is 3. The molecule has 0 saturated heterocycles. The Bertz CT molecular complexity index is 945. The van der Waals surface area contributed by atoms with Gasteiger partial charge in [0.2, 0.25) is 0 Å². The van der Waals surface area contributed by atoms with E-state index in [0.29, 0.717) is 5.56 Å². The van der Waals surface area contributed by atoms with Gasteiger partial charge in [0.1, 0.15) is 0 Å². The van der Waals surface area contributed by atoms with Crippen LogP contribution in [0.15, 0.2) is 91.1 Å². The number of benzene rings is 3. The Kier molecular flexibility index (Phi) is 5.41. The highest BCUT2D eigenvalue weighted by Crippen LogP contribution is 2.34. The van der Waals surface area contributed by atoms with Gasteiger partial charge >= 0.3 is 6.18 Å². The van der Waals surface area contributed by atoms with Gasteiger partial charge in [-0.3, -0.25) is 4.79 Å². The van der Waals surface area contributed by atoms with Crippen LogP contribution in [0.3, 0.4) is 0 Å². The number of para-hydroxylation sites is 1. The molecule has 0 fully saturated rings. The van der Waals surface area contributed by atoms with Crippen LogP contribution in [0.1, 0.15) is 15.9 Å². The second-order valence-corrected chi connectivity index (χ2v) is 5.83. The van der Waals surface area contributed by atoms with Crippen molar-refractivity contribution in [2.75, 3.05) is 5.32 Å². The van der Waals surface area contributed by atoms with Crippen molar-refractivity contribution in [3.8, 4) is 11.1 Å². The van der Waals surface area contributed by atoms with E-state index >= 15 is 0 Å². The van der Waals surface area contributed by atoms with Crippen molar-refractivity contribution in [3.05, 3.63) is 102 Å². The Balaban J connectivity index is 1.69. The largest absolute Gasteiger partial charge is 0.418 e. The van der Waals surface area contributed by atoms with E-state index in [2.05, 4.69) is 5.32 Å². The first-order chi connectivity index (χ1) is 12.9. The lowest BCUT2D eigenvalue weighted by molar-refractivity contribution is -0.136. The van der Waals surface area contributed by atoms with Crippen molar-refractivity contribution >= 4 is 11.5 Å². The molecule has 0 heterocycles. The van der Waals surface area contributed by atoms with Crippen LogP contribution in [0.2, 0.25) is 0 Å². The molecule has 0 amide bonds. The molecule has 3 aromatic carbocycles. The molecule has 0 spiro atoms. The third kappa shape index (κ3) is 4.64. The van der Waals surface area contributed by atoms with E-state index in [9.17, 15) is 18.0 Å². The summed E-state index contributed by atoms with van der Waals surface area (Å²) in [6, 6.07) is 21.9. The van der Waals surface area contributed by atoms with E-state index in [1.165, 1.54) is 30.5 Å². The predicted octanol–water partition coefficient (Wildman–Crippen LogP) is 6.18. The molecule has 0 aliphatic carbocycles. The minimum absolute atomic E-state index is 0.103. The quantitative estimate of drug-likeness (QED) is 0.431. The number of anilines is 1. The Morgan fingerprint density at radius 1 is 0.778 bits per heavy atom. The predicted molar refractivity (Wildman–Crippen MR) is 100 cm³/mol. The highest BCUT2D eigenvalue weighted by molar-refractivity contribution is 6.04. The summed E-state index contributed by atoms with van der Waals surface area (Å²) >= 11 is 0. The second kappa shape index (κ2) is 7.91. The second-order valence-electron chi connectivity index (χ2n) is 5.83. The van der Waals surface area contributed by atoms with Gasteiger partial charge in [-0.2, -0.15) is 13.2 Å². The van der Waals surface area contributed by atoms with Crippen LogP contribution >= 0.6 is 0 Å². The molecular formula is C22H16F3NO. The van der Waals surface area contributed by atoms with Crippen molar-refractivity contribution in [1.82, 2.24) is 0 Å². The van der Waals surface area contributed by atoms with E-state index in [1.54, 1.807) is 12.1 Å². The molecule has 5 heteroatoms. The minimum atomic E-state index is -4.46. The maximum atomic E-state index is 12.9. The molecule has 0 radical (unpaired) electrons. The van der Waals surface area contributed by atoms with Gasteiger partial charge in [0, 0.05) is 17.8 Å². The van der Waals surface area contributed by atoms with Crippen LogP contribution in [0.4, 0.5) is 18.9 Å². The van der Waals surface area contributed by atoms with Crippen molar-refractivity contribution in [3.63, 3.8) is 0 Å². The van der Waals surface area contributed by atoms with Gasteiger partial charge in [0.05, 0.1) is 11.3 Å². The van der Waals surface area contributed by atoms with Gasteiger partial charge in [-0.1, -0.05) is 66.7 Å². The standard InChI is InChI=1S/C22H16F3NO/c23-22(24,25)19-8-4-5-9-20(19)26-15-14-21(27)18-12-10-17(11-13-18)16-6-2-1-3-7-16/h1-15,26H/b15-14+. The molecule has 136 valence electrons. The molecule has 0 bridgehead atoms. The van der Waals surface area contributed by atoms with E-state index in [-0.39, 0.29) is 11.5 Å². The fraction of sp³-hybridized carbons (Fsp3) is 0.0455. The number of carbonyl (C=O) groups is 1. The monoisotopic (exact) mass is 367 g/mol. The number of hydrogen-bond acceptors (Lipinski definition) is 2. The van der Waals surface area contributed by atoms with Crippen molar-refractivity contribution < 1.29 is 18.0 Å². The summed E-state index contributed by atoms with van der Waals surface area (Å²) in [4.78, 5) is 12.2. The van der Waals surface area contributed by atoms with Crippen molar-refractivity contribution in [2.24, 2.45) is 0 Å². The van der Waals surface area contributed by atoms with Gasteiger partial charge in [0.25, 0.3) is 0 Å². The Hall–Kier alpha value is -3.34. The average Bonchev–Trinajstić information content (AvgIpc) is 2.68. The highest BCUT2D eigenvalue weighted by atomic mass is 19.4. The summed E-state index contributed by atoms with van der Waals surface area (Å²) in [5.74, 6) is -0.299. The lowest BCUT2D eigenvalue weighted by atomic mass is 10.0. The first-order valence-corrected chi connectivity index (χ1v) is 8.24. The van der Waals surface area contributed by atoms with Gasteiger partial charge in [-0.25, -0.2) is 0 Å². The van der Waals surface area contributed by atoms with Crippen LogP contribution in [-0.2, 0) is 6.18 Å². The van der Waals surface area contributed by atoms with Crippen LogP contribution in [0, 0.1) is 0 Å². The zero-order valence-corrected chi connectivity index (χ0v) is 14.2. The van der Waals surface area contributed by atoms with E-state index < -0.39 is 11.7 Å². The Morgan fingerprint density at radius 3 is 2.04 bits per heavy atom. The molecule has 0 aliphatic rings. The molecule has 2 nitrogen and oxygen atoms in total. The molecule has 27 heavy (non-hydrogen) atoms. The van der Waals surface area contributed by atoms with Crippen molar-refractivity contribution in [2.45, 2.75) is 6.18 Å². The highest BCUT2D eigenvalue weighted by Gasteiger charge is 2.32. The first-order valence-electron chi connectivity index (χ1n) is 8.24. The van der Waals surface area contributed by atoms with Crippen LogP contribution in [0.5, 0.6) is 0 Å². The third-order valence-corrected chi connectivity index (χ3v) is 3.98. The van der Waals surface area contributed by atoms with Crippen LogP contribution < -0.4 is 5.32 Å². The summed E-state index contributed by atoms with van der Waals surface area (Å²) in [7, 11) is 0. The number of hydrogen-bond donors (Lipinski definition) is 1. The summed E-state index contributed by atoms with van der Waals surface area (Å²) < 4.78 is 38.8. The molecular weight excluding hydrogens is 351 g/mol. The van der Waals surface area contributed by atoms with Crippen molar-refractivity contribution in [1.29, 1.82) is 0 Å². The molecule has 0 unspecified atom stereocenters. The summed E-state index contributed by atoms with van der Waals surface area (Å²) in [6.45, 7) is 0. The molecule has 0 atom stereocenters. The Labute approximate surface area is 155 Å². The smallest absolute Gasteiger partial charge is 0.361 e. The van der Waals surface area contributed by atoms with E-state index in [4.69, 9.17) is 0 Å². The number of rotatable bonds is 5. The molecule has 3 aromatic rings. The SMILES string of the molecule is O=C(/C=C/Nc1ccccc1C(F)(F)F)c1ccc(-c2ccccc2)cc1. The number of alkyl halides is 3. The number of nitrogens with one attached hydrogen (secondary N) is 1. The third-order valence-electron chi connectivity index (χ3n) is 3.98. The van der Waals surface area contributed by atoms with Crippen LogP contribution in [0.25, 0.3) is 11.1 Å². The van der Waals surface area contributed by atoms with Crippen LogP contribution in [-0.4, -0.2) is 5.78 Å². The number of allylic oxidation sites excluding steroid dienone is 1. The van der Waals surface area contributed by atoms with Gasteiger partial charge in [0.15, 0.2) is 5.78 Å². The number of carbonyl (C=O) groups excluding carboxylic acids is 1. The van der Waals surface area contributed by atoms with E-state index in [0.717, 1.165) is 17.2 Å².